The lowest BCUT2D eigenvalue weighted by Crippen LogP contribution is -2.35. The highest BCUT2D eigenvalue weighted by Gasteiger charge is 2.15. The molecule has 1 aromatic carbocycles. The van der Waals surface area contributed by atoms with Crippen molar-refractivity contribution in [2.75, 3.05) is 5.32 Å². The second-order valence-electron chi connectivity index (χ2n) is 4.56. The van der Waals surface area contributed by atoms with Gasteiger partial charge in [-0.05, 0) is 32.0 Å². The van der Waals surface area contributed by atoms with Gasteiger partial charge < -0.3 is 15.1 Å². The third kappa shape index (κ3) is 3.86. The SMILES string of the molecule is Cc1cc(CNC(=O)C(=O)Nc2ccccc2Cl)c(C)o1. The first-order valence-electron chi connectivity index (χ1n) is 6.37. The molecule has 2 rings (SSSR count). The molecule has 2 amide bonds. The maximum absolute atomic E-state index is 11.8. The number of anilines is 1. The summed E-state index contributed by atoms with van der Waals surface area (Å²) in [6.45, 7) is 3.86. The van der Waals surface area contributed by atoms with Gasteiger partial charge in [0.25, 0.3) is 0 Å². The largest absolute Gasteiger partial charge is 0.466 e. The van der Waals surface area contributed by atoms with Crippen LogP contribution in [0.1, 0.15) is 17.1 Å². The number of carbonyl (C=O) groups excluding carboxylic acids is 2. The topological polar surface area (TPSA) is 71.3 Å². The van der Waals surface area contributed by atoms with E-state index in [1.807, 2.05) is 13.0 Å². The van der Waals surface area contributed by atoms with Gasteiger partial charge in [0.2, 0.25) is 0 Å². The van der Waals surface area contributed by atoms with E-state index in [0.29, 0.717) is 10.7 Å². The minimum absolute atomic E-state index is 0.234. The summed E-state index contributed by atoms with van der Waals surface area (Å²) in [4.78, 5) is 23.5. The molecule has 21 heavy (non-hydrogen) atoms. The number of amides is 2. The van der Waals surface area contributed by atoms with Gasteiger partial charge in [0.15, 0.2) is 0 Å². The first-order chi connectivity index (χ1) is 9.97. The predicted octanol–water partition coefficient (Wildman–Crippen LogP) is 2.80. The molecule has 1 aromatic heterocycles. The summed E-state index contributed by atoms with van der Waals surface area (Å²) in [6, 6.07) is 8.53. The summed E-state index contributed by atoms with van der Waals surface area (Å²) >= 11 is 5.91. The second kappa shape index (κ2) is 6.45. The molecule has 2 N–H and O–H groups in total. The van der Waals surface area contributed by atoms with E-state index < -0.39 is 11.8 Å². The molecule has 0 atom stereocenters. The Labute approximate surface area is 127 Å². The number of nitrogens with one attached hydrogen (secondary N) is 2. The summed E-state index contributed by atoms with van der Waals surface area (Å²) in [5.41, 5.74) is 1.24. The van der Waals surface area contributed by atoms with E-state index in [1.165, 1.54) is 0 Å². The van der Waals surface area contributed by atoms with Gasteiger partial charge >= 0.3 is 11.8 Å². The summed E-state index contributed by atoms with van der Waals surface area (Å²) in [7, 11) is 0. The van der Waals surface area contributed by atoms with Crippen LogP contribution in [0.15, 0.2) is 34.7 Å². The Morgan fingerprint density at radius 3 is 2.52 bits per heavy atom. The maximum atomic E-state index is 11.8. The standard InChI is InChI=1S/C15H15ClN2O3/c1-9-7-11(10(2)21-9)8-17-14(19)15(20)18-13-6-4-3-5-12(13)16/h3-7H,8H2,1-2H3,(H,17,19)(H,18,20). The molecule has 0 radical (unpaired) electrons. The molecule has 110 valence electrons. The van der Waals surface area contributed by atoms with E-state index in [-0.39, 0.29) is 6.54 Å². The van der Waals surface area contributed by atoms with Crippen LogP contribution in [0.5, 0.6) is 0 Å². The predicted molar refractivity (Wildman–Crippen MR) is 80.1 cm³/mol. The molecule has 5 nitrogen and oxygen atoms in total. The van der Waals surface area contributed by atoms with Gasteiger partial charge in [-0.2, -0.15) is 0 Å². The average Bonchev–Trinajstić information content (AvgIpc) is 2.76. The smallest absolute Gasteiger partial charge is 0.313 e. The molecular weight excluding hydrogens is 292 g/mol. The zero-order valence-electron chi connectivity index (χ0n) is 11.7. The number of benzene rings is 1. The highest BCUT2D eigenvalue weighted by Crippen LogP contribution is 2.20. The number of halogens is 1. The monoisotopic (exact) mass is 306 g/mol. The Morgan fingerprint density at radius 2 is 1.90 bits per heavy atom. The third-order valence-corrected chi connectivity index (χ3v) is 3.24. The van der Waals surface area contributed by atoms with Gasteiger partial charge in [0.05, 0.1) is 10.7 Å². The van der Waals surface area contributed by atoms with E-state index in [4.69, 9.17) is 16.0 Å². The van der Waals surface area contributed by atoms with E-state index in [0.717, 1.165) is 17.1 Å². The molecule has 0 spiro atoms. The van der Waals surface area contributed by atoms with Gasteiger partial charge in [-0.3, -0.25) is 9.59 Å². The highest BCUT2D eigenvalue weighted by atomic mass is 35.5. The molecule has 0 aliphatic heterocycles. The molecule has 6 heteroatoms. The molecule has 0 aliphatic carbocycles. The van der Waals surface area contributed by atoms with Crippen LogP contribution in [0.4, 0.5) is 5.69 Å². The van der Waals surface area contributed by atoms with Crippen molar-refractivity contribution < 1.29 is 14.0 Å². The maximum Gasteiger partial charge on any atom is 0.313 e. The normalized spacial score (nSPS) is 10.2. The van der Waals surface area contributed by atoms with Crippen molar-refractivity contribution in [3.8, 4) is 0 Å². The van der Waals surface area contributed by atoms with Gasteiger partial charge in [-0.1, -0.05) is 23.7 Å². The first-order valence-corrected chi connectivity index (χ1v) is 6.75. The minimum Gasteiger partial charge on any atom is -0.466 e. The summed E-state index contributed by atoms with van der Waals surface area (Å²) < 4.78 is 5.35. The van der Waals surface area contributed by atoms with Crippen LogP contribution in [-0.2, 0) is 16.1 Å². The van der Waals surface area contributed by atoms with Crippen LogP contribution in [0, 0.1) is 13.8 Å². The van der Waals surface area contributed by atoms with Gasteiger partial charge in [-0.15, -0.1) is 0 Å². The van der Waals surface area contributed by atoms with E-state index in [9.17, 15) is 9.59 Å². The Hall–Kier alpha value is -2.27. The van der Waals surface area contributed by atoms with Crippen molar-refractivity contribution in [1.82, 2.24) is 5.32 Å². The van der Waals surface area contributed by atoms with Crippen molar-refractivity contribution in [3.05, 3.63) is 52.4 Å². The van der Waals surface area contributed by atoms with E-state index >= 15 is 0 Å². The van der Waals surface area contributed by atoms with Crippen LogP contribution in [0.2, 0.25) is 5.02 Å². The number of hydrogen-bond acceptors (Lipinski definition) is 3. The number of aryl methyl sites for hydroxylation is 2. The zero-order chi connectivity index (χ0) is 15.4. The third-order valence-electron chi connectivity index (χ3n) is 2.91. The van der Waals surface area contributed by atoms with Crippen molar-refractivity contribution in [2.45, 2.75) is 20.4 Å². The number of furan rings is 1. The van der Waals surface area contributed by atoms with Crippen molar-refractivity contribution >= 4 is 29.1 Å². The van der Waals surface area contributed by atoms with Crippen molar-refractivity contribution in [1.29, 1.82) is 0 Å². The number of rotatable bonds is 3. The van der Waals surface area contributed by atoms with E-state index in [1.54, 1.807) is 31.2 Å². The fraction of sp³-hybridized carbons (Fsp3) is 0.200. The highest BCUT2D eigenvalue weighted by molar-refractivity contribution is 6.41. The molecule has 0 saturated carbocycles. The lowest BCUT2D eigenvalue weighted by atomic mass is 10.2. The molecule has 0 aliphatic rings. The van der Waals surface area contributed by atoms with Gasteiger partial charge in [0, 0.05) is 12.1 Å². The Kier molecular flexibility index (Phi) is 4.65. The summed E-state index contributed by atoms with van der Waals surface area (Å²) in [5, 5.41) is 5.37. The van der Waals surface area contributed by atoms with Gasteiger partial charge in [0.1, 0.15) is 11.5 Å². The molecule has 0 bridgehead atoms. The van der Waals surface area contributed by atoms with Crippen LogP contribution in [-0.4, -0.2) is 11.8 Å². The van der Waals surface area contributed by atoms with Crippen LogP contribution in [0.3, 0.4) is 0 Å². The van der Waals surface area contributed by atoms with Crippen molar-refractivity contribution in [2.24, 2.45) is 0 Å². The minimum atomic E-state index is -0.763. The fourth-order valence-electron chi connectivity index (χ4n) is 1.86. The van der Waals surface area contributed by atoms with Gasteiger partial charge in [-0.25, -0.2) is 0 Å². The molecular formula is C15H15ClN2O3. The lowest BCUT2D eigenvalue weighted by Gasteiger charge is -2.07. The number of carbonyl (C=O) groups is 2. The van der Waals surface area contributed by atoms with E-state index in [2.05, 4.69) is 10.6 Å². The average molecular weight is 307 g/mol. The van der Waals surface area contributed by atoms with Crippen LogP contribution < -0.4 is 10.6 Å². The summed E-state index contributed by atoms with van der Waals surface area (Å²) in [5.74, 6) is -0.00859. The Balaban J connectivity index is 1.93. The molecule has 0 saturated heterocycles. The molecule has 0 fully saturated rings. The molecule has 2 aromatic rings. The first kappa shape index (κ1) is 15.1. The molecule has 1 heterocycles. The summed E-state index contributed by atoms with van der Waals surface area (Å²) in [6.07, 6.45) is 0. The lowest BCUT2D eigenvalue weighted by molar-refractivity contribution is -0.136. The van der Waals surface area contributed by atoms with Crippen LogP contribution in [0.25, 0.3) is 0 Å². The Morgan fingerprint density at radius 1 is 1.19 bits per heavy atom. The van der Waals surface area contributed by atoms with Crippen molar-refractivity contribution in [3.63, 3.8) is 0 Å². The fourth-order valence-corrected chi connectivity index (χ4v) is 2.04. The second-order valence-corrected chi connectivity index (χ2v) is 4.96. The zero-order valence-corrected chi connectivity index (χ0v) is 12.5. The quantitative estimate of drug-likeness (QED) is 0.857. The van der Waals surface area contributed by atoms with Crippen LogP contribution >= 0.6 is 11.6 Å². The number of para-hydroxylation sites is 1. The Bertz CT molecular complexity index is 679. The number of hydrogen-bond donors (Lipinski definition) is 2. The molecule has 0 unspecified atom stereocenters.